The molecular formula is C21H24N2O4S2. The monoisotopic (exact) mass is 432 g/mol. The van der Waals surface area contributed by atoms with Crippen LogP contribution in [-0.4, -0.2) is 32.0 Å². The third-order valence-corrected chi connectivity index (χ3v) is 8.02. The second-order valence-corrected chi connectivity index (χ2v) is 10.9. The Labute approximate surface area is 174 Å². The number of nitrogens with one attached hydrogen (secondary N) is 1. The van der Waals surface area contributed by atoms with E-state index in [1.807, 2.05) is 29.3 Å². The molecule has 1 aromatic carbocycles. The van der Waals surface area contributed by atoms with E-state index in [1.165, 1.54) is 0 Å². The second-order valence-electron chi connectivity index (χ2n) is 7.75. The molecule has 2 heterocycles. The van der Waals surface area contributed by atoms with Crippen LogP contribution in [0.3, 0.4) is 0 Å². The van der Waals surface area contributed by atoms with Crippen molar-refractivity contribution in [1.82, 2.24) is 5.32 Å². The molecule has 1 N–H and O–H groups in total. The first-order valence-corrected chi connectivity index (χ1v) is 12.4. The summed E-state index contributed by atoms with van der Waals surface area (Å²) >= 11 is 1.54. The molecule has 1 saturated carbocycles. The van der Waals surface area contributed by atoms with E-state index in [4.69, 9.17) is 0 Å². The Bertz CT molecular complexity index is 1030. The summed E-state index contributed by atoms with van der Waals surface area (Å²) in [6, 6.07) is 8.84. The fourth-order valence-electron chi connectivity index (χ4n) is 3.70. The second kappa shape index (κ2) is 7.91. The quantitative estimate of drug-likeness (QED) is 0.729. The predicted octanol–water partition coefficient (Wildman–Crippen LogP) is 2.92. The van der Waals surface area contributed by atoms with Gasteiger partial charge in [0, 0.05) is 28.9 Å². The first-order chi connectivity index (χ1) is 13.8. The number of thiophene rings is 1. The molecule has 1 aliphatic heterocycles. The van der Waals surface area contributed by atoms with Crippen LogP contribution in [0.2, 0.25) is 0 Å². The molecule has 0 radical (unpaired) electrons. The highest BCUT2D eigenvalue weighted by molar-refractivity contribution is 7.91. The van der Waals surface area contributed by atoms with Gasteiger partial charge in [0.2, 0.25) is 11.8 Å². The van der Waals surface area contributed by atoms with Crippen molar-refractivity contribution in [2.24, 2.45) is 5.92 Å². The molecule has 1 atom stereocenters. The zero-order chi connectivity index (χ0) is 20.6. The number of rotatable bonds is 7. The highest BCUT2D eigenvalue weighted by atomic mass is 32.2. The molecule has 1 aromatic heterocycles. The van der Waals surface area contributed by atoms with Gasteiger partial charge in [-0.05, 0) is 61.4 Å². The zero-order valence-electron chi connectivity index (χ0n) is 16.3. The van der Waals surface area contributed by atoms with Gasteiger partial charge in [-0.15, -0.1) is 11.3 Å². The highest BCUT2D eigenvalue weighted by Gasteiger charge is 2.39. The predicted molar refractivity (Wildman–Crippen MR) is 113 cm³/mol. The van der Waals surface area contributed by atoms with Crippen molar-refractivity contribution < 1.29 is 18.0 Å². The van der Waals surface area contributed by atoms with Gasteiger partial charge in [0.15, 0.2) is 9.84 Å². The lowest BCUT2D eigenvalue weighted by Crippen LogP contribution is -2.36. The maximum Gasteiger partial charge on any atom is 0.230 e. The Morgan fingerprint density at radius 2 is 2.03 bits per heavy atom. The number of nitrogens with zero attached hydrogens (tertiary/aromatic N) is 1. The minimum atomic E-state index is -3.57. The van der Waals surface area contributed by atoms with Crippen molar-refractivity contribution in [3.63, 3.8) is 0 Å². The number of benzene rings is 1. The van der Waals surface area contributed by atoms with Gasteiger partial charge in [-0.1, -0.05) is 6.07 Å². The van der Waals surface area contributed by atoms with Crippen LogP contribution in [0, 0.1) is 5.92 Å². The van der Waals surface area contributed by atoms with Crippen LogP contribution in [0.5, 0.6) is 0 Å². The van der Waals surface area contributed by atoms with Gasteiger partial charge in [0.1, 0.15) is 0 Å². The van der Waals surface area contributed by atoms with Gasteiger partial charge in [-0.25, -0.2) is 8.42 Å². The third kappa shape index (κ3) is 4.38. The van der Waals surface area contributed by atoms with Crippen LogP contribution in [0.15, 0.2) is 40.6 Å². The molecule has 29 heavy (non-hydrogen) atoms. The van der Waals surface area contributed by atoms with Crippen LogP contribution >= 0.6 is 11.3 Å². The average Bonchev–Trinajstić information content (AvgIpc) is 3.31. The molecule has 154 valence electrons. The number of sulfone groups is 1. The van der Waals surface area contributed by atoms with Gasteiger partial charge in [-0.2, -0.15) is 0 Å². The van der Waals surface area contributed by atoms with E-state index in [9.17, 15) is 18.0 Å². The van der Waals surface area contributed by atoms with Crippen LogP contribution in [0.1, 0.15) is 36.6 Å². The number of fused-ring (bicyclic) bond motifs is 1. The number of carbonyl (C=O) groups is 2. The molecule has 0 bridgehead atoms. The number of amides is 2. The van der Waals surface area contributed by atoms with E-state index in [1.54, 1.807) is 29.5 Å². The Kier molecular flexibility index (Phi) is 5.48. The minimum absolute atomic E-state index is 0.0408. The lowest BCUT2D eigenvalue weighted by Gasteiger charge is -2.22. The number of anilines is 1. The molecular weight excluding hydrogens is 408 g/mol. The van der Waals surface area contributed by atoms with Crippen molar-refractivity contribution in [2.75, 3.05) is 10.7 Å². The highest BCUT2D eigenvalue weighted by Crippen LogP contribution is 2.39. The number of hydrogen-bond acceptors (Lipinski definition) is 5. The van der Waals surface area contributed by atoms with Gasteiger partial charge in [0.25, 0.3) is 0 Å². The van der Waals surface area contributed by atoms with E-state index in [2.05, 4.69) is 5.32 Å². The molecule has 1 aliphatic carbocycles. The fraction of sp³-hybridized carbons (Fsp3) is 0.429. The molecule has 0 unspecified atom stereocenters. The summed E-state index contributed by atoms with van der Waals surface area (Å²) in [5, 5.41) is 4.68. The summed E-state index contributed by atoms with van der Waals surface area (Å²) in [5.74, 6) is -0.241. The van der Waals surface area contributed by atoms with E-state index < -0.39 is 9.84 Å². The van der Waals surface area contributed by atoms with Crippen molar-refractivity contribution in [3.8, 4) is 0 Å². The van der Waals surface area contributed by atoms with Crippen LogP contribution in [0.25, 0.3) is 0 Å². The molecule has 2 amide bonds. The average molecular weight is 433 g/mol. The Morgan fingerprint density at radius 1 is 1.24 bits per heavy atom. The first-order valence-electron chi connectivity index (χ1n) is 9.83. The van der Waals surface area contributed by atoms with Crippen molar-refractivity contribution in [3.05, 3.63) is 46.2 Å². The summed E-state index contributed by atoms with van der Waals surface area (Å²) in [6.07, 6.45) is 2.46. The summed E-state index contributed by atoms with van der Waals surface area (Å²) in [4.78, 5) is 27.6. The molecule has 1 fully saturated rings. The van der Waals surface area contributed by atoms with Gasteiger partial charge >= 0.3 is 0 Å². The van der Waals surface area contributed by atoms with Crippen molar-refractivity contribution in [1.29, 1.82) is 0 Å². The molecule has 0 spiro atoms. The zero-order valence-corrected chi connectivity index (χ0v) is 17.9. The SMILES string of the molecule is C[C@@H]1Cc2cc(S(=O)(=O)CCC(=O)NCc3cccs3)ccc2N1C(=O)C1CC1. The van der Waals surface area contributed by atoms with Crippen LogP contribution in [0.4, 0.5) is 5.69 Å². The van der Waals surface area contributed by atoms with E-state index in [0.717, 1.165) is 29.0 Å². The summed E-state index contributed by atoms with van der Waals surface area (Å²) < 4.78 is 25.5. The molecule has 2 aliphatic rings. The van der Waals surface area contributed by atoms with Crippen molar-refractivity contribution >= 4 is 38.7 Å². The van der Waals surface area contributed by atoms with Gasteiger partial charge in [-0.3, -0.25) is 9.59 Å². The van der Waals surface area contributed by atoms with E-state index >= 15 is 0 Å². The summed E-state index contributed by atoms with van der Waals surface area (Å²) in [5.41, 5.74) is 1.71. The number of carbonyl (C=O) groups excluding carboxylic acids is 2. The van der Waals surface area contributed by atoms with Crippen molar-refractivity contribution in [2.45, 2.75) is 50.1 Å². The molecule has 4 rings (SSSR count). The maximum absolute atomic E-state index is 12.7. The lowest BCUT2D eigenvalue weighted by atomic mass is 10.1. The minimum Gasteiger partial charge on any atom is -0.351 e. The van der Waals surface area contributed by atoms with E-state index in [0.29, 0.717) is 13.0 Å². The summed E-state index contributed by atoms with van der Waals surface area (Å²) in [7, 11) is -3.57. The topological polar surface area (TPSA) is 83.6 Å². The Balaban J connectivity index is 1.40. The van der Waals surface area contributed by atoms with Crippen LogP contribution < -0.4 is 10.2 Å². The van der Waals surface area contributed by atoms with Crippen LogP contribution in [-0.2, 0) is 32.4 Å². The number of hydrogen-bond donors (Lipinski definition) is 1. The Hall–Kier alpha value is -2.19. The van der Waals surface area contributed by atoms with Gasteiger partial charge < -0.3 is 10.2 Å². The molecule has 2 aromatic rings. The lowest BCUT2D eigenvalue weighted by molar-refractivity contribution is -0.121. The molecule has 6 nitrogen and oxygen atoms in total. The maximum atomic E-state index is 12.7. The smallest absolute Gasteiger partial charge is 0.230 e. The largest absolute Gasteiger partial charge is 0.351 e. The first kappa shape index (κ1) is 20.1. The summed E-state index contributed by atoms with van der Waals surface area (Å²) in [6.45, 7) is 2.41. The van der Waals surface area contributed by atoms with Gasteiger partial charge in [0.05, 0.1) is 17.2 Å². The fourth-order valence-corrected chi connectivity index (χ4v) is 5.63. The third-order valence-electron chi connectivity index (χ3n) is 5.43. The molecule has 8 heteroatoms. The molecule has 0 saturated heterocycles. The van der Waals surface area contributed by atoms with E-state index in [-0.39, 0.29) is 40.8 Å². The standard InChI is InChI=1S/C21H24N2O4S2/c1-14-11-16-12-18(6-7-19(16)23(14)21(25)15-4-5-15)29(26,27)10-8-20(24)22-13-17-3-2-9-28-17/h2-3,6-7,9,12,14-15H,4-5,8,10-11,13H2,1H3,(H,22,24)/t14-/m1/s1. The normalized spacial score (nSPS) is 18.5. The Morgan fingerprint density at radius 3 is 2.72 bits per heavy atom.